The molecule has 9 heteroatoms. The van der Waals surface area contributed by atoms with Crippen molar-refractivity contribution in [1.29, 1.82) is 0 Å². The highest BCUT2D eigenvalue weighted by atomic mass is 16.7. The van der Waals surface area contributed by atoms with E-state index in [1.807, 2.05) is 66.7 Å². The number of fused-ring (bicyclic) bond motifs is 1. The Bertz CT molecular complexity index is 1210. The third-order valence-electron chi connectivity index (χ3n) is 8.61. The van der Waals surface area contributed by atoms with Crippen LogP contribution in [-0.4, -0.2) is 73.0 Å². The zero-order chi connectivity index (χ0) is 32.6. The predicted molar refractivity (Wildman–Crippen MR) is 177 cm³/mol. The number of hydrogen-bond acceptors (Lipinski definition) is 7. The highest BCUT2D eigenvalue weighted by Crippen LogP contribution is 2.33. The number of hydrogen-bond donors (Lipinski definition) is 2. The molecule has 2 fully saturated rings. The van der Waals surface area contributed by atoms with Crippen LogP contribution in [0.5, 0.6) is 0 Å². The molecule has 6 atom stereocenters. The molecule has 46 heavy (non-hydrogen) atoms. The third kappa shape index (κ3) is 11.0. The molecule has 2 N–H and O–H groups in total. The number of allylic oxidation sites excluding steroid dienone is 1. The van der Waals surface area contributed by atoms with Crippen molar-refractivity contribution < 1.29 is 33.6 Å². The van der Waals surface area contributed by atoms with E-state index >= 15 is 0 Å². The van der Waals surface area contributed by atoms with Crippen LogP contribution in [0.3, 0.4) is 0 Å². The maximum atomic E-state index is 13.6. The molecule has 3 unspecified atom stereocenters. The van der Waals surface area contributed by atoms with E-state index in [1.165, 1.54) is 4.90 Å². The number of ether oxygens (including phenoxy) is 4. The van der Waals surface area contributed by atoms with Gasteiger partial charge in [-0.15, -0.1) is 13.2 Å². The topological polar surface area (TPSA) is 107 Å². The SMILES string of the molecule is C=CCCCCCCCC(OC(=O)N(CC=C)CC(O)C(Cc1ccccc1)NC(=O)O[C@H]1CO[C@H]2OCC[C@H]21)c1ccccc1. The van der Waals surface area contributed by atoms with E-state index in [9.17, 15) is 14.7 Å². The minimum absolute atomic E-state index is 0.00378. The van der Waals surface area contributed by atoms with Gasteiger partial charge in [0.25, 0.3) is 0 Å². The van der Waals surface area contributed by atoms with Gasteiger partial charge in [-0.3, -0.25) is 0 Å². The van der Waals surface area contributed by atoms with Crippen molar-refractivity contribution in [3.8, 4) is 0 Å². The number of aliphatic hydroxyl groups is 1. The Balaban J connectivity index is 1.39. The van der Waals surface area contributed by atoms with Crippen LogP contribution < -0.4 is 5.32 Å². The smallest absolute Gasteiger partial charge is 0.410 e. The summed E-state index contributed by atoms with van der Waals surface area (Å²) in [5, 5.41) is 14.3. The van der Waals surface area contributed by atoms with Crippen LogP contribution >= 0.6 is 0 Å². The fourth-order valence-electron chi connectivity index (χ4n) is 6.06. The van der Waals surface area contributed by atoms with Crippen LogP contribution in [0.15, 0.2) is 86.0 Å². The lowest BCUT2D eigenvalue weighted by molar-refractivity contribution is -0.0907. The highest BCUT2D eigenvalue weighted by Gasteiger charge is 2.44. The molecule has 2 aliphatic rings. The van der Waals surface area contributed by atoms with Crippen molar-refractivity contribution in [2.75, 3.05) is 26.3 Å². The van der Waals surface area contributed by atoms with Crippen molar-refractivity contribution in [3.63, 3.8) is 0 Å². The Morgan fingerprint density at radius 2 is 1.70 bits per heavy atom. The number of carbonyl (C=O) groups is 2. The fraction of sp³-hybridized carbons (Fsp3) is 0.514. The maximum absolute atomic E-state index is 13.6. The Hall–Kier alpha value is -3.66. The molecule has 0 bridgehead atoms. The van der Waals surface area contributed by atoms with Gasteiger partial charge in [0.1, 0.15) is 12.2 Å². The molecule has 0 radical (unpaired) electrons. The summed E-state index contributed by atoms with van der Waals surface area (Å²) in [6.45, 7) is 8.54. The third-order valence-corrected chi connectivity index (χ3v) is 8.61. The number of aliphatic hydroxyl groups excluding tert-OH is 1. The highest BCUT2D eigenvalue weighted by molar-refractivity contribution is 5.69. The molecule has 0 aromatic heterocycles. The lowest BCUT2D eigenvalue weighted by Crippen LogP contribution is -2.51. The van der Waals surface area contributed by atoms with Crippen LogP contribution in [0.1, 0.15) is 68.6 Å². The lowest BCUT2D eigenvalue weighted by atomic mass is 10.0. The molecule has 2 saturated heterocycles. The number of nitrogens with zero attached hydrogens (tertiary/aromatic N) is 1. The summed E-state index contributed by atoms with van der Waals surface area (Å²) in [4.78, 5) is 28.1. The van der Waals surface area contributed by atoms with Gasteiger partial charge in [0.15, 0.2) is 6.29 Å². The molecule has 2 heterocycles. The van der Waals surface area contributed by atoms with Gasteiger partial charge in [0.2, 0.25) is 0 Å². The summed E-state index contributed by atoms with van der Waals surface area (Å²) in [6, 6.07) is 18.6. The fourth-order valence-corrected chi connectivity index (χ4v) is 6.06. The predicted octanol–water partition coefficient (Wildman–Crippen LogP) is 6.73. The van der Waals surface area contributed by atoms with Gasteiger partial charge in [-0.25, -0.2) is 9.59 Å². The molecular formula is C37H50N2O7. The van der Waals surface area contributed by atoms with Crippen LogP contribution in [0, 0.1) is 5.92 Å². The van der Waals surface area contributed by atoms with E-state index in [4.69, 9.17) is 18.9 Å². The first-order valence-corrected chi connectivity index (χ1v) is 16.6. The van der Waals surface area contributed by atoms with E-state index < -0.39 is 36.5 Å². The first-order valence-electron chi connectivity index (χ1n) is 16.6. The standard InChI is InChI=1S/C37H50N2O7/c1-3-5-6-7-8-9-16-21-33(29-19-14-11-15-20-29)46-37(42)39(23-4-2)26-32(40)31(25-28-17-12-10-13-18-28)38-36(41)45-34-27-44-35-30(34)22-24-43-35/h3-4,10-15,17-20,30-35,40H,1-2,5-9,16,21-27H2,(H,38,41)/t30-,31?,32?,33?,34-,35+/m0/s1. The molecule has 2 aromatic carbocycles. The number of amides is 2. The van der Waals surface area contributed by atoms with Gasteiger partial charge < -0.3 is 34.3 Å². The van der Waals surface area contributed by atoms with E-state index in [0.29, 0.717) is 19.4 Å². The largest absolute Gasteiger partial charge is 0.443 e. The number of rotatable bonds is 19. The van der Waals surface area contributed by atoms with E-state index in [2.05, 4.69) is 18.5 Å². The number of alkyl carbamates (subject to hydrolysis) is 1. The lowest BCUT2D eigenvalue weighted by Gasteiger charge is -2.30. The quantitative estimate of drug-likeness (QED) is 0.130. The van der Waals surface area contributed by atoms with Crippen molar-refractivity contribution >= 4 is 12.2 Å². The maximum Gasteiger partial charge on any atom is 0.410 e. The van der Waals surface area contributed by atoms with Crippen molar-refractivity contribution in [1.82, 2.24) is 10.2 Å². The van der Waals surface area contributed by atoms with Gasteiger partial charge in [-0.05, 0) is 49.7 Å². The zero-order valence-electron chi connectivity index (χ0n) is 26.8. The van der Waals surface area contributed by atoms with Gasteiger partial charge in [-0.1, -0.05) is 92.1 Å². The summed E-state index contributed by atoms with van der Waals surface area (Å²) < 4.78 is 23.0. The molecule has 2 aromatic rings. The normalized spacial score (nSPS) is 20.6. The molecule has 0 saturated carbocycles. The first kappa shape index (κ1) is 35.2. The second-order valence-electron chi connectivity index (χ2n) is 12.1. The Morgan fingerprint density at radius 3 is 2.43 bits per heavy atom. The summed E-state index contributed by atoms with van der Waals surface area (Å²) in [5.74, 6) is -0.00378. The van der Waals surface area contributed by atoms with Crippen LogP contribution in [-0.2, 0) is 25.4 Å². The number of nitrogens with one attached hydrogen (secondary N) is 1. The van der Waals surface area contributed by atoms with Crippen LogP contribution in [0.4, 0.5) is 9.59 Å². The minimum atomic E-state index is -1.12. The second-order valence-corrected chi connectivity index (χ2v) is 12.1. The van der Waals surface area contributed by atoms with E-state index in [-0.39, 0.29) is 31.9 Å². The number of unbranched alkanes of at least 4 members (excludes halogenated alkanes) is 5. The van der Waals surface area contributed by atoms with Crippen molar-refractivity contribution in [2.45, 2.75) is 88.4 Å². The molecule has 2 aliphatic heterocycles. The Morgan fingerprint density at radius 1 is 0.978 bits per heavy atom. The van der Waals surface area contributed by atoms with Crippen LogP contribution in [0.2, 0.25) is 0 Å². The average molecular weight is 635 g/mol. The summed E-state index contributed by atoms with van der Waals surface area (Å²) in [6.07, 6.45) is 8.29. The molecule has 2 amide bonds. The van der Waals surface area contributed by atoms with E-state index in [0.717, 1.165) is 56.1 Å². The molecule has 0 aliphatic carbocycles. The minimum Gasteiger partial charge on any atom is -0.443 e. The van der Waals surface area contributed by atoms with Crippen molar-refractivity contribution in [2.24, 2.45) is 5.92 Å². The molecule has 4 rings (SSSR count). The molecule has 9 nitrogen and oxygen atoms in total. The Kier molecular flexibility index (Phi) is 14.6. The van der Waals surface area contributed by atoms with Gasteiger partial charge in [-0.2, -0.15) is 0 Å². The number of benzene rings is 2. The first-order chi connectivity index (χ1) is 22.5. The van der Waals surface area contributed by atoms with Gasteiger partial charge in [0.05, 0.1) is 37.8 Å². The second kappa shape index (κ2) is 19.1. The summed E-state index contributed by atoms with van der Waals surface area (Å²) >= 11 is 0. The average Bonchev–Trinajstić information content (AvgIpc) is 3.69. The molecule has 0 spiro atoms. The van der Waals surface area contributed by atoms with Gasteiger partial charge in [0, 0.05) is 6.54 Å². The number of carbonyl (C=O) groups excluding carboxylic acids is 2. The summed E-state index contributed by atoms with van der Waals surface area (Å²) in [5.41, 5.74) is 1.85. The molecular weight excluding hydrogens is 584 g/mol. The zero-order valence-corrected chi connectivity index (χ0v) is 26.8. The Labute approximate surface area is 273 Å². The van der Waals surface area contributed by atoms with Crippen LogP contribution in [0.25, 0.3) is 0 Å². The molecule has 250 valence electrons. The monoisotopic (exact) mass is 634 g/mol. The summed E-state index contributed by atoms with van der Waals surface area (Å²) in [7, 11) is 0. The van der Waals surface area contributed by atoms with Gasteiger partial charge >= 0.3 is 12.2 Å². The van der Waals surface area contributed by atoms with E-state index in [1.54, 1.807) is 6.08 Å². The van der Waals surface area contributed by atoms with Crippen molar-refractivity contribution in [3.05, 3.63) is 97.1 Å².